The number of para-hydroxylation sites is 4. The zero-order valence-corrected chi connectivity index (χ0v) is 22.9. The minimum atomic E-state index is 0.785. The molecule has 204 valence electrons. The van der Waals surface area contributed by atoms with Gasteiger partial charge in [0.1, 0.15) is 0 Å². The summed E-state index contributed by atoms with van der Waals surface area (Å²) in [6, 6.07) is 41.6. The van der Waals surface area contributed by atoms with Gasteiger partial charge in [0, 0.05) is 28.9 Å². The molecule has 0 N–H and O–H groups in total. The number of benzene rings is 5. The molecular formula is C36H24N6O. The molecule has 1 aliphatic rings. The van der Waals surface area contributed by atoms with E-state index in [0.29, 0.717) is 0 Å². The highest BCUT2D eigenvalue weighted by Gasteiger charge is 2.26. The van der Waals surface area contributed by atoms with Gasteiger partial charge in [0.15, 0.2) is 11.5 Å². The van der Waals surface area contributed by atoms with E-state index in [0.717, 1.165) is 56.7 Å². The second-order valence-electron chi connectivity index (χ2n) is 10.5. The third-order valence-electron chi connectivity index (χ3n) is 8.04. The number of ether oxygens (including phenoxy) is 1. The van der Waals surface area contributed by atoms with Crippen molar-refractivity contribution >= 4 is 38.9 Å². The van der Waals surface area contributed by atoms with Crippen LogP contribution in [-0.4, -0.2) is 24.1 Å². The van der Waals surface area contributed by atoms with Crippen LogP contribution in [0.25, 0.3) is 38.9 Å². The maximum atomic E-state index is 6.34. The maximum absolute atomic E-state index is 6.34. The first kappa shape index (κ1) is 23.6. The molecule has 1 aliphatic heterocycles. The van der Waals surface area contributed by atoms with E-state index in [-0.39, 0.29) is 0 Å². The molecule has 0 atom stereocenters. The first-order chi connectivity index (χ1) is 21.3. The fourth-order valence-electron chi connectivity index (χ4n) is 6.13. The van der Waals surface area contributed by atoms with Crippen molar-refractivity contribution in [2.75, 3.05) is 4.90 Å². The fourth-order valence-corrected chi connectivity index (χ4v) is 6.13. The van der Waals surface area contributed by atoms with Gasteiger partial charge in [0.2, 0.25) is 0 Å². The Morgan fingerprint density at radius 3 is 2.05 bits per heavy atom. The fraction of sp³-hybridized carbons (Fsp3) is 0. The van der Waals surface area contributed by atoms with E-state index in [9.17, 15) is 0 Å². The van der Waals surface area contributed by atoms with Crippen molar-refractivity contribution in [2.45, 2.75) is 0 Å². The lowest BCUT2D eigenvalue weighted by Crippen LogP contribution is -2.16. The Labute approximate surface area is 247 Å². The molecule has 5 aromatic carbocycles. The number of anilines is 3. The van der Waals surface area contributed by atoms with Gasteiger partial charge >= 0.3 is 0 Å². The third-order valence-corrected chi connectivity index (χ3v) is 8.04. The molecule has 8 aromatic rings. The van der Waals surface area contributed by atoms with Gasteiger partial charge in [-0.25, -0.2) is 9.36 Å². The predicted molar refractivity (Wildman–Crippen MR) is 170 cm³/mol. The topological polar surface area (TPSA) is 53.0 Å². The molecule has 43 heavy (non-hydrogen) atoms. The van der Waals surface area contributed by atoms with Crippen LogP contribution in [0.3, 0.4) is 0 Å². The Morgan fingerprint density at radius 1 is 0.512 bits per heavy atom. The number of rotatable bonds is 4. The summed E-state index contributed by atoms with van der Waals surface area (Å²) in [6.45, 7) is 0. The lowest BCUT2D eigenvalue weighted by Gasteiger charge is -2.33. The Kier molecular flexibility index (Phi) is 5.06. The molecule has 0 amide bonds. The standard InChI is InChI=1S/C36H24N6O/c1-3-13-31-29(11-1)30-12-2-4-14-32(30)42(31)28-23-38-40(24-28)25-9-7-10-27(21-25)41-33-15-5-6-16-35(33)43-36-18-17-26(22-34(36)41)39-20-8-19-37-39/h1-24H. The van der Waals surface area contributed by atoms with Crippen molar-refractivity contribution in [1.29, 1.82) is 0 Å². The Morgan fingerprint density at radius 2 is 1.23 bits per heavy atom. The lowest BCUT2D eigenvalue weighted by atomic mass is 10.1. The highest BCUT2D eigenvalue weighted by Crippen LogP contribution is 2.51. The second-order valence-corrected chi connectivity index (χ2v) is 10.5. The van der Waals surface area contributed by atoms with E-state index in [1.165, 1.54) is 10.8 Å². The number of aromatic nitrogens is 5. The number of fused-ring (bicyclic) bond motifs is 5. The summed E-state index contributed by atoms with van der Waals surface area (Å²) in [5.41, 5.74) is 8.15. The van der Waals surface area contributed by atoms with Crippen molar-refractivity contribution in [3.8, 4) is 28.6 Å². The van der Waals surface area contributed by atoms with E-state index in [1.54, 1.807) is 6.20 Å². The average molecular weight is 557 g/mol. The Balaban J connectivity index is 1.17. The maximum Gasteiger partial charge on any atom is 0.151 e. The Bertz CT molecular complexity index is 2240. The van der Waals surface area contributed by atoms with E-state index in [2.05, 4.69) is 106 Å². The zero-order chi connectivity index (χ0) is 28.3. The van der Waals surface area contributed by atoms with Crippen LogP contribution >= 0.6 is 0 Å². The van der Waals surface area contributed by atoms with Crippen LogP contribution in [0.2, 0.25) is 0 Å². The van der Waals surface area contributed by atoms with E-state index in [1.807, 2.05) is 58.2 Å². The van der Waals surface area contributed by atoms with E-state index >= 15 is 0 Å². The minimum absolute atomic E-state index is 0.785. The van der Waals surface area contributed by atoms with Gasteiger partial charge in [-0.15, -0.1) is 0 Å². The lowest BCUT2D eigenvalue weighted by molar-refractivity contribution is 0.477. The van der Waals surface area contributed by atoms with Gasteiger partial charge < -0.3 is 14.2 Å². The zero-order valence-electron chi connectivity index (χ0n) is 22.9. The third kappa shape index (κ3) is 3.68. The van der Waals surface area contributed by atoms with Gasteiger partial charge in [0.25, 0.3) is 0 Å². The van der Waals surface area contributed by atoms with Gasteiger partial charge in [-0.05, 0) is 66.7 Å². The van der Waals surface area contributed by atoms with Crippen LogP contribution in [0.5, 0.6) is 11.5 Å². The number of nitrogens with zero attached hydrogens (tertiary/aromatic N) is 6. The SMILES string of the molecule is c1cc(N2c3ccccc3Oc3ccc(-n4cccn4)cc32)cc(-n2cc(-n3c4ccccc4c4ccccc43)cn2)c1. The van der Waals surface area contributed by atoms with Gasteiger partial charge in [-0.1, -0.05) is 54.6 Å². The largest absolute Gasteiger partial charge is 0.453 e. The van der Waals surface area contributed by atoms with Crippen LogP contribution < -0.4 is 9.64 Å². The predicted octanol–water partition coefficient (Wildman–Crippen LogP) is 8.73. The molecule has 0 radical (unpaired) electrons. The first-order valence-electron chi connectivity index (χ1n) is 14.2. The molecule has 0 spiro atoms. The summed E-state index contributed by atoms with van der Waals surface area (Å²) in [6.07, 6.45) is 7.75. The molecule has 0 fully saturated rings. The van der Waals surface area contributed by atoms with Crippen molar-refractivity contribution in [2.24, 2.45) is 0 Å². The molecule has 0 aliphatic carbocycles. The molecule has 3 aromatic heterocycles. The monoisotopic (exact) mass is 556 g/mol. The summed E-state index contributed by atoms with van der Waals surface area (Å²) in [7, 11) is 0. The molecule has 4 heterocycles. The highest BCUT2D eigenvalue weighted by atomic mass is 16.5. The summed E-state index contributed by atoms with van der Waals surface area (Å²) >= 11 is 0. The normalized spacial score (nSPS) is 12.3. The van der Waals surface area contributed by atoms with Gasteiger partial charge in [-0.2, -0.15) is 10.2 Å². The van der Waals surface area contributed by atoms with Gasteiger partial charge in [-0.3, -0.25) is 0 Å². The summed E-state index contributed by atoms with van der Waals surface area (Å²) in [5.74, 6) is 1.59. The molecule has 0 saturated carbocycles. The molecule has 7 nitrogen and oxygen atoms in total. The molecule has 7 heteroatoms. The number of hydrogen-bond donors (Lipinski definition) is 0. The minimum Gasteiger partial charge on any atom is -0.453 e. The van der Waals surface area contributed by atoms with Gasteiger partial charge in [0.05, 0.1) is 51.9 Å². The highest BCUT2D eigenvalue weighted by molar-refractivity contribution is 6.09. The first-order valence-corrected chi connectivity index (χ1v) is 14.2. The summed E-state index contributed by atoms with van der Waals surface area (Å²) in [5, 5.41) is 11.7. The van der Waals surface area contributed by atoms with Crippen LogP contribution in [0, 0.1) is 0 Å². The average Bonchev–Trinajstić information content (AvgIpc) is 3.83. The van der Waals surface area contributed by atoms with Crippen LogP contribution in [0.1, 0.15) is 0 Å². The van der Waals surface area contributed by atoms with Crippen LogP contribution in [0.4, 0.5) is 17.1 Å². The van der Waals surface area contributed by atoms with Crippen molar-refractivity contribution in [1.82, 2.24) is 24.1 Å². The molecule has 0 saturated heterocycles. The number of hydrogen-bond acceptors (Lipinski definition) is 4. The van der Waals surface area contributed by atoms with E-state index in [4.69, 9.17) is 9.84 Å². The summed E-state index contributed by atoms with van der Waals surface area (Å²) in [4.78, 5) is 2.24. The van der Waals surface area contributed by atoms with Crippen LogP contribution in [0.15, 0.2) is 146 Å². The molecule has 0 unspecified atom stereocenters. The molecule has 0 bridgehead atoms. The van der Waals surface area contributed by atoms with E-state index < -0.39 is 0 Å². The quantitative estimate of drug-likeness (QED) is 0.218. The smallest absolute Gasteiger partial charge is 0.151 e. The van der Waals surface area contributed by atoms with Crippen molar-refractivity contribution in [3.05, 3.63) is 146 Å². The Hall–Kier alpha value is -6.08. The molecule has 9 rings (SSSR count). The van der Waals surface area contributed by atoms with Crippen molar-refractivity contribution in [3.63, 3.8) is 0 Å². The van der Waals surface area contributed by atoms with Crippen molar-refractivity contribution < 1.29 is 4.74 Å². The molecular weight excluding hydrogens is 532 g/mol. The van der Waals surface area contributed by atoms with Crippen LogP contribution in [-0.2, 0) is 0 Å². The second kappa shape index (κ2) is 9.22. The summed E-state index contributed by atoms with van der Waals surface area (Å²) < 4.78 is 12.4.